The maximum atomic E-state index is 12.1. The van der Waals surface area contributed by atoms with Gasteiger partial charge < -0.3 is 19.4 Å². The lowest BCUT2D eigenvalue weighted by Crippen LogP contribution is -2.45. The number of halogens is 1. The molecule has 3 rings (SSSR count). The minimum atomic E-state index is -0.366. The Morgan fingerprint density at radius 2 is 2.30 bits per heavy atom. The van der Waals surface area contributed by atoms with E-state index in [-0.39, 0.29) is 5.97 Å². The van der Waals surface area contributed by atoms with Crippen LogP contribution in [0.5, 0.6) is 5.75 Å². The van der Waals surface area contributed by atoms with Gasteiger partial charge in [-0.05, 0) is 32.0 Å². The fourth-order valence-corrected chi connectivity index (χ4v) is 2.96. The summed E-state index contributed by atoms with van der Waals surface area (Å²) in [5.41, 5.74) is 2.02. The van der Waals surface area contributed by atoms with Gasteiger partial charge in [-0.15, -0.1) is 11.6 Å². The van der Waals surface area contributed by atoms with Gasteiger partial charge in [0.25, 0.3) is 0 Å². The maximum Gasteiger partial charge on any atom is 0.338 e. The van der Waals surface area contributed by atoms with Crippen molar-refractivity contribution in [3.8, 4) is 5.75 Å². The predicted molar refractivity (Wildman–Crippen MR) is 88.2 cm³/mol. The van der Waals surface area contributed by atoms with Gasteiger partial charge in [0.15, 0.2) is 0 Å². The summed E-state index contributed by atoms with van der Waals surface area (Å²) in [6, 6.07) is 3.88. The van der Waals surface area contributed by atoms with Crippen molar-refractivity contribution in [3.63, 3.8) is 0 Å². The third-order valence-electron chi connectivity index (χ3n) is 4.08. The monoisotopic (exact) mass is 337 g/mol. The van der Waals surface area contributed by atoms with Gasteiger partial charge in [-0.3, -0.25) is 0 Å². The molecule has 1 atom stereocenters. The van der Waals surface area contributed by atoms with Crippen LogP contribution in [0.25, 0.3) is 11.0 Å². The molecule has 2 heterocycles. The summed E-state index contributed by atoms with van der Waals surface area (Å²) in [4.78, 5) is 16.7. The second-order valence-corrected chi connectivity index (χ2v) is 5.75. The van der Waals surface area contributed by atoms with E-state index < -0.39 is 0 Å². The van der Waals surface area contributed by atoms with E-state index in [1.807, 2.05) is 0 Å². The number of rotatable bonds is 6. The second-order valence-electron chi connectivity index (χ2n) is 5.48. The van der Waals surface area contributed by atoms with Crippen LogP contribution in [0.15, 0.2) is 12.1 Å². The summed E-state index contributed by atoms with van der Waals surface area (Å²) >= 11 is 6.06. The summed E-state index contributed by atoms with van der Waals surface area (Å²) in [7, 11) is 1.57. The molecule has 6 nitrogen and oxygen atoms in total. The number of nitrogens with zero attached hydrogens (tertiary/aromatic N) is 2. The fourth-order valence-electron chi connectivity index (χ4n) is 2.76. The molecule has 2 aromatic rings. The molecule has 0 saturated carbocycles. The van der Waals surface area contributed by atoms with Crippen LogP contribution in [-0.2, 0) is 17.2 Å². The number of nitrogens with one attached hydrogen (secondary N) is 1. The molecule has 0 bridgehead atoms. The minimum Gasteiger partial charge on any atom is -0.494 e. The van der Waals surface area contributed by atoms with Gasteiger partial charge >= 0.3 is 5.97 Å². The standard InChI is InChI=1S/C16H20ClN3O3/c1-3-23-16(21)10-6-12-15(13(7-10)22-2)19-14(8-17)20(12)9-11-4-5-18-11/h6-7,11,18H,3-5,8-9H2,1-2H3/t11-/m0/s1. The zero-order valence-corrected chi connectivity index (χ0v) is 14.0. The maximum absolute atomic E-state index is 12.1. The first-order valence-corrected chi connectivity index (χ1v) is 8.25. The van der Waals surface area contributed by atoms with Crippen LogP contribution in [0.3, 0.4) is 0 Å². The number of benzene rings is 1. The molecule has 0 spiro atoms. The Kier molecular flexibility index (Phi) is 4.73. The summed E-state index contributed by atoms with van der Waals surface area (Å²) < 4.78 is 12.6. The summed E-state index contributed by atoms with van der Waals surface area (Å²) in [5.74, 6) is 1.26. The van der Waals surface area contributed by atoms with Crippen molar-refractivity contribution in [3.05, 3.63) is 23.5 Å². The molecule has 1 aromatic heterocycles. The van der Waals surface area contributed by atoms with E-state index in [1.165, 1.54) is 0 Å². The molecule has 1 aliphatic heterocycles. The Morgan fingerprint density at radius 1 is 1.52 bits per heavy atom. The van der Waals surface area contributed by atoms with Gasteiger partial charge in [0.2, 0.25) is 0 Å². The first-order chi connectivity index (χ1) is 11.2. The van der Waals surface area contributed by atoms with Crippen molar-refractivity contribution >= 4 is 28.6 Å². The molecule has 7 heteroatoms. The van der Waals surface area contributed by atoms with Crippen LogP contribution >= 0.6 is 11.6 Å². The predicted octanol–water partition coefficient (Wildman–Crippen LogP) is 2.32. The highest BCUT2D eigenvalue weighted by Gasteiger charge is 2.22. The average molecular weight is 338 g/mol. The van der Waals surface area contributed by atoms with Crippen LogP contribution in [0.2, 0.25) is 0 Å². The number of carbonyl (C=O) groups is 1. The van der Waals surface area contributed by atoms with E-state index in [1.54, 1.807) is 26.2 Å². The van der Waals surface area contributed by atoms with Gasteiger partial charge in [0.1, 0.15) is 17.1 Å². The Labute approximate surface area is 139 Å². The molecule has 0 aliphatic carbocycles. The number of imidazole rings is 1. The first kappa shape index (κ1) is 16.1. The molecule has 1 aliphatic rings. The highest BCUT2D eigenvalue weighted by molar-refractivity contribution is 6.17. The van der Waals surface area contributed by atoms with Crippen LogP contribution in [-0.4, -0.2) is 41.8 Å². The van der Waals surface area contributed by atoms with Crippen molar-refractivity contribution < 1.29 is 14.3 Å². The van der Waals surface area contributed by atoms with Gasteiger partial charge in [-0.1, -0.05) is 0 Å². The lowest BCUT2D eigenvalue weighted by atomic mass is 10.1. The lowest BCUT2D eigenvalue weighted by molar-refractivity contribution is 0.0526. The molecule has 1 aromatic carbocycles. The lowest BCUT2D eigenvalue weighted by Gasteiger charge is -2.28. The quantitative estimate of drug-likeness (QED) is 0.647. The first-order valence-electron chi connectivity index (χ1n) is 7.71. The zero-order chi connectivity index (χ0) is 16.4. The third-order valence-corrected chi connectivity index (χ3v) is 4.32. The van der Waals surface area contributed by atoms with Crippen molar-refractivity contribution in [2.45, 2.75) is 31.8 Å². The number of hydrogen-bond acceptors (Lipinski definition) is 5. The van der Waals surface area contributed by atoms with E-state index >= 15 is 0 Å². The third kappa shape index (κ3) is 3.01. The molecule has 0 radical (unpaired) electrons. The number of methoxy groups -OCH3 is 1. The number of aromatic nitrogens is 2. The Hall–Kier alpha value is -1.79. The normalized spacial score (nSPS) is 17.1. The van der Waals surface area contributed by atoms with Crippen LogP contribution in [0.4, 0.5) is 0 Å². The van der Waals surface area contributed by atoms with Gasteiger partial charge in [0.05, 0.1) is 30.7 Å². The topological polar surface area (TPSA) is 65.4 Å². The number of alkyl halides is 1. The molecule has 1 fully saturated rings. The number of esters is 1. The van der Waals surface area contributed by atoms with E-state index in [9.17, 15) is 4.79 Å². The van der Waals surface area contributed by atoms with Crippen molar-refractivity contribution in [2.75, 3.05) is 20.3 Å². The van der Waals surface area contributed by atoms with Crippen LogP contribution in [0, 0.1) is 0 Å². The molecule has 1 saturated heterocycles. The second kappa shape index (κ2) is 6.76. The highest BCUT2D eigenvalue weighted by atomic mass is 35.5. The molecule has 124 valence electrons. The van der Waals surface area contributed by atoms with Crippen LogP contribution in [0.1, 0.15) is 29.5 Å². The number of carbonyl (C=O) groups excluding carboxylic acids is 1. The summed E-state index contributed by atoms with van der Waals surface area (Å²) in [6.45, 7) is 3.92. The largest absolute Gasteiger partial charge is 0.494 e. The Bertz CT molecular complexity index is 725. The molecule has 23 heavy (non-hydrogen) atoms. The number of hydrogen-bond donors (Lipinski definition) is 1. The SMILES string of the molecule is CCOC(=O)c1cc(OC)c2nc(CCl)n(C[C@@H]3CCN3)c2c1. The van der Waals surface area contributed by atoms with E-state index in [2.05, 4.69) is 14.9 Å². The zero-order valence-electron chi connectivity index (χ0n) is 13.3. The molecule has 0 unspecified atom stereocenters. The van der Waals surface area contributed by atoms with Crippen LogP contribution < -0.4 is 10.1 Å². The van der Waals surface area contributed by atoms with Gasteiger partial charge in [-0.25, -0.2) is 9.78 Å². The Morgan fingerprint density at radius 3 is 2.87 bits per heavy atom. The molecule has 1 N–H and O–H groups in total. The summed E-state index contributed by atoms with van der Waals surface area (Å²) in [5, 5.41) is 3.37. The van der Waals surface area contributed by atoms with E-state index in [4.69, 9.17) is 21.1 Å². The van der Waals surface area contributed by atoms with E-state index in [0.717, 1.165) is 36.4 Å². The van der Waals surface area contributed by atoms with Gasteiger partial charge in [0, 0.05) is 12.6 Å². The molecule has 0 amide bonds. The Balaban J connectivity index is 2.11. The molecular weight excluding hydrogens is 318 g/mol. The van der Waals surface area contributed by atoms with E-state index in [0.29, 0.717) is 29.8 Å². The van der Waals surface area contributed by atoms with Crippen molar-refractivity contribution in [2.24, 2.45) is 0 Å². The minimum absolute atomic E-state index is 0.305. The van der Waals surface area contributed by atoms with Crippen molar-refractivity contribution in [1.82, 2.24) is 14.9 Å². The van der Waals surface area contributed by atoms with Gasteiger partial charge in [-0.2, -0.15) is 0 Å². The smallest absolute Gasteiger partial charge is 0.338 e. The fraction of sp³-hybridized carbons (Fsp3) is 0.500. The highest BCUT2D eigenvalue weighted by Crippen LogP contribution is 2.29. The summed E-state index contributed by atoms with van der Waals surface area (Å²) in [6.07, 6.45) is 1.12. The average Bonchev–Trinajstić information content (AvgIpc) is 2.87. The van der Waals surface area contributed by atoms with Crippen molar-refractivity contribution in [1.29, 1.82) is 0 Å². The number of ether oxygens (including phenoxy) is 2. The number of fused-ring (bicyclic) bond motifs is 1. The molecular formula is C16H20ClN3O3.